The van der Waals surface area contributed by atoms with Crippen molar-refractivity contribution in [2.24, 2.45) is 0 Å². The number of esters is 1. The van der Waals surface area contributed by atoms with Crippen molar-refractivity contribution >= 4 is 51.8 Å². The van der Waals surface area contributed by atoms with Gasteiger partial charge in [0.05, 0.1) is 17.7 Å². The molecule has 0 radical (unpaired) electrons. The predicted octanol–water partition coefficient (Wildman–Crippen LogP) is 4.33. The van der Waals surface area contributed by atoms with Gasteiger partial charge in [0.1, 0.15) is 10.8 Å². The van der Waals surface area contributed by atoms with E-state index >= 15 is 0 Å². The Morgan fingerprint density at radius 1 is 1.27 bits per heavy atom. The average Bonchev–Trinajstić information content (AvgIpc) is 3.31. The number of ether oxygens (including phenoxy) is 2. The van der Waals surface area contributed by atoms with Crippen LogP contribution in [0.15, 0.2) is 41.1 Å². The Morgan fingerprint density at radius 3 is 2.85 bits per heavy atom. The van der Waals surface area contributed by atoms with Crippen LogP contribution in [-0.2, 0) is 9.53 Å². The molecule has 1 aromatic carbocycles. The third-order valence-corrected chi connectivity index (χ3v) is 5.33. The largest absolute Gasteiger partial charge is 0.495 e. The van der Waals surface area contributed by atoms with Crippen LogP contribution in [-0.4, -0.2) is 30.6 Å². The van der Waals surface area contributed by atoms with Gasteiger partial charge in [-0.05, 0) is 29.6 Å². The Kier molecular flexibility index (Phi) is 5.87. The molecule has 0 bridgehead atoms. The van der Waals surface area contributed by atoms with Gasteiger partial charge in [0.25, 0.3) is 5.91 Å². The van der Waals surface area contributed by atoms with E-state index in [1.54, 1.807) is 23.6 Å². The van der Waals surface area contributed by atoms with Gasteiger partial charge in [-0.2, -0.15) is 0 Å². The van der Waals surface area contributed by atoms with E-state index < -0.39 is 18.5 Å². The molecule has 2 aromatic heterocycles. The van der Waals surface area contributed by atoms with Gasteiger partial charge in [0, 0.05) is 10.4 Å². The van der Waals surface area contributed by atoms with Crippen molar-refractivity contribution in [2.75, 3.05) is 19.0 Å². The molecule has 3 rings (SSSR count). The number of aromatic nitrogens is 1. The minimum Gasteiger partial charge on any atom is -0.495 e. The van der Waals surface area contributed by atoms with Crippen molar-refractivity contribution in [2.45, 2.75) is 0 Å². The Balaban J connectivity index is 1.58. The standard InChI is InChI=1S/C17H13ClN2O4S2/c1-23-13-5-4-10(18)7-11(13)19-15(21)8-24-17(22)12-9-26-16(20-12)14-3-2-6-25-14/h2-7,9H,8H2,1H3,(H,19,21). The van der Waals surface area contributed by atoms with E-state index in [1.165, 1.54) is 29.8 Å². The van der Waals surface area contributed by atoms with Crippen LogP contribution in [0.1, 0.15) is 10.5 Å². The third-order valence-electron chi connectivity index (χ3n) is 3.22. The average molecular weight is 409 g/mol. The van der Waals surface area contributed by atoms with Gasteiger partial charge in [0.15, 0.2) is 12.3 Å². The molecule has 1 amide bonds. The van der Waals surface area contributed by atoms with Crippen molar-refractivity contribution in [1.82, 2.24) is 4.98 Å². The summed E-state index contributed by atoms with van der Waals surface area (Å²) in [5.41, 5.74) is 0.571. The number of hydrogen-bond donors (Lipinski definition) is 1. The maximum absolute atomic E-state index is 12.1. The molecule has 0 saturated heterocycles. The van der Waals surface area contributed by atoms with Crippen LogP contribution in [0.5, 0.6) is 5.75 Å². The smallest absolute Gasteiger partial charge is 0.358 e. The van der Waals surface area contributed by atoms with Crippen LogP contribution in [0.2, 0.25) is 5.02 Å². The fourth-order valence-corrected chi connectivity index (χ4v) is 3.83. The van der Waals surface area contributed by atoms with E-state index in [9.17, 15) is 9.59 Å². The van der Waals surface area contributed by atoms with Crippen LogP contribution < -0.4 is 10.1 Å². The number of methoxy groups -OCH3 is 1. The first-order valence-electron chi connectivity index (χ1n) is 7.36. The highest BCUT2D eigenvalue weighted by molar-refractivity contribution is 7.20. The molecule has 0 fully saturated rings. The van der Waals surface area contributed by atoms with E-state index in [0.717, 1.165) is 9.88 Å². The number of halogens is 1. The lowest BCUT2D eigenvalue weighted by molar-refractivity contribution is -0.119. The number of nitrogens with zero attached hydrogens (tertiary/aromatic N) is 1. The summed E-state index contributed by atoms with van der Waals surface area (Å²) < 4.78 is 10.2. The molecule has 0 unspecified atom stereocenters. The van der Waals surface area contributed by atoms with Crippen molar-refractivity contribution in [1.29, 1.82) is 0 Å². The Labute approximate surface area is 162 Å². The number of rotatable bonds is 6. The summed E-state index contributed by atoms with van der Waals surface area (Å²) in [6.07, 6.45) is 0. The summed E-state index contributed by atoms with van der Waals surface area (Å²) in [5, 5.41) is 7.32. The lowest BCUT2D eigenvalue weighted by Crippen LogP contribution is -2.21. The monoisotopic (exact) mass is 408 g/mol. The van der Waals surface area contributed by atoms with Gasteiger partial charge in [-0.15, -0.1) is 22.7 Å². The van der Waals surface area contributed by atoms with Crippen LogP contribution in [0.4, 0.5) is 5.69 Å². The fraction of sp³-hybridized carbons (Fsp3) is 0.118. The number of benzene rings is 1. The van der Waals surface area contributed by atoms with Gasteiger partial charge in [0.2, 0.25) is 0 Å². The first kappa shape index (κ1) is 18.4. The number of anilines is 1. The summed E-state index contributed by atoms with van der Waals surface area (Å²) >= 11 is 8.79. The van der Waals surface area contributed by atoms with Crippen molar-refractivity contribution in [3.63, 3.8) is 0 Å². The van der Waals surface area contributed by atoms with Gasteiger partial charge >= 0.3 is 5.97 Å². The molecule has 0 aliphatic carbocycles. The highest BCUT2D eigenvalue weighted by Crippen LogP contribution is 2.28. The number of amides is 1. The van der Waals surface area contributed by atoms with E-state index in [0.29, 0.717) is 16.5 Å². The molecule has 134 valence electrons. The molecule has 2 heterocycles. The number of hydrogen-bond acceptors (Lipinski definition) is 7. The number of nitrogens with one attached hydrogen (secondary N) is 1. The van der Waals surface area contributed by atoms with Crippen LogP contribution in [0, 0.1) is 0 Å². The lowest BCUT2D eigenvalue weighted by atomic mass is 10.3. The molecule has 0 spiro atoms. The maximum atomic E-state index is 12.1. The second-order valence-electron chi connectivity index (χ2n) is 4.98. The fourth-order valence-electron chi connectivity index (χ4n) is 2.05. The molecule has 6 nitrogen and oxygen atoms in total. The quantitative estimate of drug-likeness (QED) is 0.614. The Morgan fingerprint density at radius 2 is 2.12 bits per heavy atom. The van der Waals surface area contributed by atoms with Crippen molar-refractivity contribution in [3.05, 3.63) is 51.8 Å². The van der Waals surface area contributed by atoms with Crippen molar-refractivity contribution < 1.29 is 19.1 Å². The topological polar surface area (TPSA) is 77.5 Å². The molecule has 0 atom stereocenters. The molecule has 0 saturated carbocycles. The van der Waals surface area contributed by atoms with Gasteiger partial charge in [-0.1, -0.05) is 17.7 Å². The number of thiophene rings is 1. The summed E-state index contributed by atoms with van der Waals surface area (Å²) in [7, 11) is 1.48. The van der Waals surface area contributed by atoms with Gasteiger partial charge in [-0.25, -0.2) is 9.78 Å². The number of carbonyl (C=O) groups is 2. The number of thiazole rings is 1. The summed E-state index contributed by atoms with van der Waals surface area (Å²) in [4.78, 5) is 29.3. The zero-order valence-electron chi connectivity index (χ0n) is 13.5. The normalized spacial score (nSPS) is 10.4. The molecular weight excluding hydrogens is 396 g/mol. The molecule has 3 aromatic rings. The summed E-state index contributed by atoms with van der Waals surface area (Å²) in [6, 6.07) is 8.65. The lowest BCUT2D eigenvalue weighted by Gasteiger charge is -2.10. The molecule has 0 aliphatic heterocycles. The van der Waals surface area contributed by atoms with Gasteiger partial charge in [-0.3, -0.25) is 4.79 Å². The maximum Gasteiger partial charge on any atom is 0.358 e. The molecule has 0 aliphatic rings. The van der Waals surface area contributed by atoms with E-state index in [4.69, 9.17) is 21.1 Å². The molecule has 26 heavy (non-hydrogen) atoms. The van der Waals surface area contributed by atoms with Crippen LogP contribution in [0.3, 0.4) is 0 Å². The van der Waals surface area contributed by atoms with Crippen LogP contribution >= 0.6 is 34.3 Å². The zero-order valence-corrected chi connectivity index (χ0v) is 15.9. The van der Waals surface area contributed by atoms with E-state index in [-0.39, 0.29) is 5.69 Å². The first-order chi connectivity index (χ1) is 12.6. The van der Waals surface area contributed by atoms with Crippen LogP contribution in [0.25, 0.3) is 9.88 Å². The minimum absolute atomic E-state index is 0.173. The molecular formula is C17H13ClN2O4S2. The SMILES string of the molecule is COc1ccc(Cl)cc1NC(=O)COC(=O)c1csc(-c2cccs2)n1. The first-order valence-corrected chi connectivity index (χ1v) is 9.50. The number of carbonyl (C=O) groups excluding carboxylic acids is 2. The Bertz CT molecular complexity index is 925. The second kappa shape index (κ2) is 8.31. The highest BCUT2D eigenvalue weighted by atomic mass is 35.5. The Hall–Kier alpha value is -2.42. The van der Waals surface area contributed by atoms with E-state index in [1.807, 2.05) is 17.5 Å². The molecule has 1 N–H and O–H groups in total. The predicted molar refractivity (Wildman–Crippen MR) is 102 cm³/mol. The highest BCUT2D eigenvalue weighted by Gasteiger charge is 2.16. The summed E-state index contributed by atoms with van der Waals surface area (Å²) in [6.45, 7) is -0.444. The molecule has 9 heteroatoms. The minimum atomic E-state index is -0.655. The summed E-state index contributed by atoms with van der Waals surface area (Å²) in [5.74, 6) is -0.709. The third kappa shape index (κ3) is 4.40. The zero-order chi connectivity index (χ0) is 18.5. The van der Waals surface area contributed by atoms with Crippen molar-refractivity contribution in [3.8, 4) is 15.6 Å². The second-order valence-corrected chi connectivity index (χ2v) is 7.23. The van der Waals surface area contributed by atoms with Gasteiger partial charge < -0.3 is 14.8 Å². The van der Waals surface area contributed by atoms with E-state index in [2.05, 4.69) is 10.3 Å².